The maximum absolute atomic E-state index is 6.34. The summed E-state index contributed by atoms with van der Waals surface area (Å²) in [7, 11) is 0. The summed E-state index contributed by atoms with van der Waals surface area (Å²) < 4.78 is 7.40. The highest BCUT2D eigenvalue weighted by atomic mass is 35.5. The van der Waals surface area contributed by atoms with E-state index in [0.717, 1.165) is 11.3 Å². The predicted molar refractivity (Wildman–Crippen MR) is 84.1 cm³/mol. The first-order chi connectivity index (χ1) is 10.2. The van der Waals surface area contributed by atoms with Gasteiger partial charge in [0, 0.05) is 0 Å². The second-order valence-electron chi connectivity index (χ2n) is 4.82. The van der Waals surface area contributed by atoms with Crippen LogP contribution >= 0.6 is 11.6 Å². The van der Waals surface area contributed by atoms with Gasteiger partial charge in [-0.15, -0.1) is 0 Å². The Balaban J connectivity index is 1.78. The summed E-state index contributed by atoms with van der Waals surface area (Å²) in [4.78, 5) is 0. The fraction of sp³-hybridized carbons (Fsp3) is 0.118. The molecule has 3 aromatic rings. The average Bonchev–Trinajstić information content (AvgIpc) is 2.88. The molecule has 0 aliphatic carbocycles. The Labute approximate surface area is 128 Å². The van der Waals surface area contributed by atoms with Gasteiger partial charge in [0.15, 0.2) is 10.9 Å². The van der Waals surface area contributed by atoms with E-state index >= 15 is 0 Å². The van der Waals surface area contributed by atoms with E-state index in [2.05, 4.69) is 5.10 Å². The fourth-order valence-corrected chi connectivity index (χ4v) is 2.26. The summed E-state index contributed by atoms with van der Waals surface area (Å²) in [5.41, 5.74) is 3.21. The minimum atomic E-state index is 0.472. The first kappa shape index (κ1) is 13.7. The molecule has 0 atom stereocenters. The smallest absolute Gasteiger partial charge is 0.177 e. The van der Waals surface area contributed by atoms with Crippen LogP contribution < -0.4 is 4.74 Å². The van der Waals surface area contributed by atoms with Crippen molar-refractivity contribution in [3.63, 3.8) is 0 Å². The number of ether oxygens (including phenoxy) is 1. The molecule has 3 nitrogen and oxygen atoms in total. The van der Waals surface area contributed by atoms with Crippen molar-refractivity contribution in [2.24, 2.45) is 0 Å². The summed E-state index contributed by atoms with van der Waals surface area (Å²) in [6.45, 7) is 2.52. The molecule has 2 aromatic carbocycles. The average molecular weight is 299 g/mol. The van der Waals surface area contributed by atoms with E-state index in [1.807, 2.05) is 61.5 Å². The molecular formula is C17H15ClN2O. The summed E-state index contributed by atoms with van der Waals surface area (Å²) in [5, 5.41) is 4.77. The number of nitrogens with zero attached hydrogens (tertiary/aromatic N) is 2. The van der Waals surface area contributed by atoms with Crippen molar-refractivity contribution >= 4 is 11.6 Å². The zero-order valence-electron chi connectivity index (χ0n) is 11.7. The molecule has 0 saturated heterocycles. The van der Waals surface area contributed by atoms with Crippen LogP contribution in [-0.4, -0.2) is 9.78 Å². The van der Waals surface area contributed by atoms with Gasteiger partial charge in [0.25, 0.3) is 0 Å². The molecule has 106 valence electrons. The van der Waals surface area contributed by atoms with Gasteiger partial charge in [-0.3, -0.25) is 0 Å². The number of rotatable bonds is 4. The van der Waals surface area contributed by atoms with E-state index < -0.39 is 0 Å². The van der Waals surface area contributed by atoms with E-state index in [1.165, 1.54) is 5.56 Å². The van der Waals surface area contributed by atoms with Crippen molar-refractivity contribution in [3.8, 4) is 11.4 Å². The third-order valence-electron chi connectivity index (χ3n) is 3.20. The van der Waals surface area contributed by atoms with Crippen LogP contribution in [0.2, 0.25) is 5.15 Å². The Bertz CT molecular complexity index is 720. The Morgan fingerprint density at radius 2 is 1.76 bits per heavy atom. The fourth-order valence-electron chi connectivity index (χ4n) is 2.02. The van der Waals surface area contributed by atoms with E-state index in [9.17, 15) is 0 Å². The molecule has 3 rings (SSSR count). The van der Waals surface area contributed by atoms with Crippen molar-refractivity contribution in [3.05, 3.63) is 77.1 Å². The lowest BCUT2D eigenvalue weighted by Gasteiger charge is -2.06. The first-order valence-corrected chi connectivity index (χ1v) is 7.09. The van der Waals surface area contributed by atoms with Gasteiger partial charge < -0.3 is 4.74 Å². The lowest BCUT2D eigenvalue weighted by Crippen LogP contribution is -1.97. The van der Waals surface area contributed by atoms with Crippen molar-refractivity contribution < 1.29 is 4.74 Å². The zero-order chi connectivity index (χ0) is 14.7. The molecule has 0 aliphatic rings. The van der Waals surface area contributed by atoms with Crippen molar-refractivity contribution in [2.45, 2.75) is 13.5 Å². The molecule has 0 bridgehead atoms. The first-order valence-electron chi connectivity index (χ1n) is 6.71. The number of hydrogen-bond acceptors (Lipinski definition) is 2. The Hall–Kier alpha value is -2.26. The Kier molecular flexibility index (Phi) is 3.93. The summed E-state index contributed by atoms with van der Waals surface area (Å²) >= 11 is 6.34. The molecule has 4 heteroatoms. The van der Waals surface area contributed by atoms with Crippen LogP contribution in [0.3, 0.4) is 0 Å². The van der Waals surface area contributed by atoms with Gasteiger partial charge in [-0.1, -0.05) is 59.6 Å². The summed E-state index contributed by atoms with van der Waals surface area (Å²) in [6, 6.07) is 18.0. The number of benzene rings is 2. The quantitative estimate of drug-likeness (QED) is 0.713. The van der Waals surface area contributed by atoms with Crippen LogP contribution in [-0.2, 0) is 6.61 Å². The molecule has 0 spiro atoms. The standard InChI is InChI=1S/C17H15ClN2O/c1-13-7-9-15(10-8-13)20-17(18)16(11-19-20)21-12-14-5-3-2-4-6-14/h2-11H,12H2,1H3. The van der Waals surface area contributed by atoms with Gasteiger partial charge in [0.1, 0.15) is 6.61 Å². The molecule has 0 saturated carbocycles. The van der Waals surface area contributed by atoms with Gasteiger partial charge in [-0.25, -0.2) is 4.68 Å². The minimum Gasteiger partial charge on any atom is -0.484 e. The largest absolute Gasteiger partial charge is 0.484 e. The highest BCUT2D eigenvalue weighted by Crippen LogP contribution is 2.27. The van der Waals surface area contributed by atoms with E-state index in [1.54, 1.807) is 10.9 Å². The van der Waals surface area contributed by atoms with Crippen molar-refractivity contribution in [1.82, 2.24) is 9.78 Å². The number of aryl methyl sites for hydroxylation is 1. The molecule has 1 aromatic heterocycles. The van der Waals surface area contributed by atoms with E-state index in [4.69, 9.17) is 16.3 Å². The lowest BCUT2D eigenvalue weighted by atomic mass is 10.2. The molecule has 0 fully saturated rings. The minimum absolute atomic E-state index is 0.472. The van der Waals surface area contributed by atoms with Crippen LogP contribution in [0, 0.1) is 6.92 Å². The second kappa shape index (κ2) is 6.02. The molecule has 1 heterocycles. The highest BCUT2D eigenvalue weighted by molar-refractivity contribution is 6.31. The molecule has 21 heavy (non-hydrogen) atoms. The van der Waals surface area contributed by atoms with Gasteiger partial charge in [0.05, 0.1) is 11.9 Å². The van der Waals surface area contributed by atoms with Gasteiger partial charge in [0.2, 0.25) is 0 Å². The molecule has 0 amide bonds. The Morgan fingerprint density at radius 1 is 1.05 bits per heavy atom. The van der Waals surface area contributed by atoms with Gasteiger partial charge >= 0.3 is 0 Å². The maximum atomic E-state index is 6.34. The van der Waals surface area contributed by atoms with Crippen LogP contribution in [0.4, 0.5) is 0 Å². The van der Waals surface area contributed by atoms with E-state index in [-0.39, 0.29) is 0 Å². The molecule has 0 aliphatic heterocycles. The predicted octanol–water partition coefficient (Wildman–Crippen LogP) is 4.41. The zero-order valence-corrected chi connectivity index (χ0v) is 12.4. The molecule has 0 N–H and O–H groups in total. The topological polar surface area (TPSA) is 27.1 Å². The normalized spacial score (nSPS) is 10.6. The SMILES string of the molecule is Cc1ccc(-n2ncc(OCc3ccccc3)c2Cl)cc1. The van der Waals surface area contributed by atoms with Crippen molar-refractivity contribution in [1.29, 1.82) is 0 Å². The van der Waals surface area contributed by atoms with Crippen LogP contribution in [0.25, 0.3) is 5.69 Å². The number of aromatic nitrogens is 2. The van der Waals surface area contributed by atoms with Crippen LogP contribution in [0.15, 0.2) is 60.8 Å². The molecule has 0 radical (unpaired) electrons. The maximum Gasteiger partial charge on any atom is 0.177 e. The third-order valence-corrected chi connectivity index (χ3v) is 3.54. The molecular weight excluding hydrogens is 284 g/mol. The second-order valence-corrected chi connectivity index (χ2v) is 5.18. The number of hydrogen-bond donors (Lipinski definition) is 0. The molecule has 0 unspecified atom stereocenters. The van der Waals surface area contributed by atoms with Crippen LogP contribution in [0.5, 0.6) is 5.75 Å². The van der Waals surface area contributed by atoms with Gasteiger partial charge in [-0.05, 0) is 24.6 Å². The Morgan fingerprint density at radius 3 is 2.48 bits per heavy atom. The van der Waals surface area contributed by atoms with Gasteiger partial charge in [-0.2, -0.15) is 5.10 Å². The monoisotopic (exact) mass is 298 g/mol. The highest BCUT2D eigenvalue weighted by Gasteiger charge is 2.11. The lowest BCUT2D eigenvalue weighted by molar-refractivity contribution is 0.306. The van der Waals surface area contributed by atoms with Crippen LogP contribution in [0.1, 0.15) is 11.1 Å². The third kappa shape index (κ3) is 3.09. The van der Waals surface area contributed by atoms with E-state index in [0.29, 0.717) is 17.5 Å². The number of halogens is 1. The summed E-state index contributed by atoms with van der Waals surface area (Å²) in [6.07, 6.45) is 1.64. The van der Waals surface area contributed by atoms with Crippen molar-refractivity contribution in [2.75, 3.05) is 0 Å². The summed E-state index contributed by atoms with van der Waals surface area (Å²) in [5.74, 6) is 0.584.